The van der Waals surface area contributed by atoms with Gasteiger partial charge in [0.2, 0.25) is 5.78 Å². The second-order valence-corrected chi connectivity index (χ2v) is 9.21. The van der Waals surface area contributed by atoms with E-state index in [-0.39, 0.29) is 27.6 Å². The molecule has 0 aliphatic carbocycles. The summed E-state index contributed by atoms with van der Waals surface area (Å²) in [6.07, 6.45) is 1.73. The highest BCUT2D eigenvalue weighted by molar-refractivity contribution is 7.90. The molecule has 29 heavy (non-hydrogen) atoms. The van der Waals surface area contributed by atoms with Gasteiger partial charge in [0.25, 0.3) is 0 Å². The van der Waals surface area contributed by atoms with Crippen LogP contribution in [0.1, 0.15) is 24.0 Å². The summed E-state index contributed by atoms with van der Waals surface area (Å²) in [5, 5.41) is 0. The average Bonchev–Trinajstić information content (AvgIpc) is 2.93. The predicted molar refractivity (Wildman–Crippen MR) is 102 cm³/mol. The first-order chi connectivity index (χ1) is 13.7. The number of hydrogen-bond acceptors (Lipinski definition) is 5. The first-order valence-corrected chi connectivity index (χ1v) is 10.9. The Hall–Kier alpha value is -2.58. The summed E-state index contributed by atoms with van der Waals surface area (Å²) >= 11 is 0. The molecular weight excluding hydrogens is 402 g/mol. The van der Waals surface area contributed by atoms with E-state index >= 15 is 0 Å². The van der Waals surface area contributed by atoms with E-state index in [1.165, 1.54) is 24.3 Å². The minimum atomic E-state index is -3.40. The Balaban J connectivity index is 1.87. The summed E-state index contributed by atoms with van der Waals surface area (Å²) in [5.74, 6) is -1.78. The zero-order valence-electron chi connectivity index (χ0n) is 15.6. The van der Waals surface area contributed by atoms with E-state index in [9.17, 15) is 22.0 Å². The van der Waals surface area contributed by atoms with Crippen molar-refractivity contribution < 1.29 is 31.5 Å². The largest absolute Gasteiger partial charge is 0.478 e. The van der Waals surface area contributed by atoms with Crippen molar-refractivity contribution in [2.75, 3.05) is 19.5 Å². The molecule has 0 unspecified atom stereocenters. The Kier molecular flexibility index (Phi) is 4.78. The minimum Gasteiger partial charge on any atom is -0.478 e. The molecule has 0 saturated carbocycles. The Morgan fingerprint density at radius 3 is 2.07 bits per heavy atom. The van der Waals surface area contributed by atoms with Gasteiger partial charge in [0.15, 0.2) is 15.4 Å². The minimum absolute atomic E-state index is 0.0809. The molecule has 1 saturated heterocycles. The SMILES string of the molecule is CS(=O)(=O)c1ccc(C2=C(c3cc(F)cc(F)c3)C(=O)C3(CCOCC3)O2)cc1. The normalized spacial score (nSPS) is 18.9. The second-order valence-electron chi connectivity index (χ2n) is 7.20. The summed E-state index contributed by atoms with van der Waals surface area (Å²) < 4.78 is 62.6. The van der Waals surface area contributed by atoms with Crippen molar-refractivity contribution in [2.45, 2.75) is 23.3 Å². The Morgan fingerprint density at radius 1 is 0.931 bits per heavy atom. The van der Waals surface area contributed by atoms with Crippen LogP contribution in [-0.4, -0.2) is 39.3 Å². The van der Waals surface area contributed by atoms with E-state index in [1.807, 2.05) is 0 Å². The molecule has 4 rings (SSSR count). The van der Waals surface area contributed by atoms with E-state index < -0.39 is 27.1 Å². The van der Waals surface area contributed by atoms with Gasteiger partial charge >= 0.3 is 0 Å². The molecule has 2 aromatic rings. The zero-order valence-corrected chi connectivity index (χ0v) is 16.4. The molecule has 0 atom stereocenters. The number of Topliss-reactive ketones (excluding diaryl/α,β-unsaturated/α-hetero) is 1. The lowest BCUT2D eigenvalue weighted by molar-refractivity contribution is -0.136. The quantitative estimate of drug-likeness (QED) is 0.762. The number of sulfone groups is 1. The van der Waals surface area contributed by atoms with Gasteiger partial charge in [0.05, 0.1) is 23.7 Å². The fourth-order valence-corrected chi connectivity index (χ4v) is 4.30. The van der Waals surface area contributed by atoms with E-state index in [0.29, 0.717) is 31.6 Å². The van der Waals surface area contributed by atoms with Gasteiger partial charge in [-0.2, -0.15) is 0 Å². The molecule has 1 fully saturated rings. The third kappa shape index (κ3) is 3.58. The van der Waals surface area contributed by atoms with Crippen LogP contribution in [0.2, 0.25) is 0 Å². The molecule has 0 N–H and O–H groups in total. The molecule has 0 radical (unpaired) electrons. The lowest BCUT2D eigenvalue weighted by Gasteiger charge is -2.32. The van der Waals surface area contributed by atoms with Crippen LogP contribution in [0.15, 0.2) is 47.4 Å². The summed E-state index contributed by atoms with van der Waals surface area (Å²) in [5.41, 5.74) is -0.537. The van der Waals surface area contributed by atoms with Crippen LogP contribution in [-0.2, 0) is 24.1 Å². The molecule has 5 nitrogen and oxygen atoms in total. The average molecular weight is 420 g/mol. The number of carbonyl (C=O) groups is 1. The molecule has 0 bridgehead atoms. The number of ketones is 1. The van der Waals surface area contributed by atoms with Crippen molar-refractivity contribution in [1.82, 2.24) is 0 Å². The highest BCUT2D eigenvalue weighted by Gasteiger charge is 2.50. The van der Waals surface area contributed by atoms with Gasteiger partial charge in [0, 0.05) is 30.7 Å². The Bertz CT molecular complexity index is 1090. The summed E-state index contributed by atoms with van der Waals surface area (Å²) in [6, 6.07) is 8.76. The smallest absolute Gasteiger partial charge is 0.210 e. The van der Waals surface area contributed by atoms with Crippen LogP contribution in [0, 0.1) is 11.6 Å². The molecule has 0 amide bonds. The molecule has 2 aliphatic rings. The molecule has 2 aromatic carbocycles. The number of benzene rings is 2. The highest BCUT2D eigenvalue weighted by Crippen LogP contribution is 2.46. The number of hydrogen-bond donors (Lipinski definition) is 0. The predicted octanol–water partition coefficient (Wildman–Crippen LogP) is 3.39. The Labute approximate surface area is 166 Å². The van der Waals surface area contributed by atoms with E-state index in [0.717, 1.165) is 24.5 Å². The number of carbonyl (C=O) groups excluding carboxylic acids is 1. The van der Waals surface area contributed by atoms with Crippen molar-refractivity contribution in [3.05, 3.63) is 65.2 Å². The molecule has 2 heterocycles. The summed E-state index contributed by atoms with van der Waals surface area (Å²) in [4.78, 5) is 13.5. The second kappa shape index (κ2) is 7.03. The first-order valence-electron chi connectivity index (χ1n) is 9.02. The highest BCUT2D eigenvalue weighted by atomic mass is 32.2. The van der Waals surface area contributed by atoms with Crippen molar-refractivity contribution in [2.24, 2.45) is 0 Å². The molecular formula is C21H18F2O5S. The van der Waals surface area contributed by atoms with Crippen LogP contribution in [0.25, 0.3) is 11.3 Å². The van der Waals surface area contributed by atoms with Crippen LogP contribution in [0.3, 0.4) is 0 Å². The van der Waals surface area contributed by atoms with E-state index in [2.05, 4.69) is 0 Å². The fraction of sp³-hybridized carbons (Fsp3) is 0.286. The van der Waals surface area contributed by atoms with Gasteiger partial charge < -0.3 is 9.47 Å². The van der Waals surface area contributed by atoms with Crippen LogP contribution in [0.4, 0.5) is 8.78 Å². The van der Waals surface area contributed by atoms with Crippen molar-refractivity contribution in [3.8, 4) is 0 Å². The van der Waals surface area contributed by atoms with Crippen LogP contribution in [0.5, 0.6) is 0 Å². The molecule has 0 aromatic heterocycles. The van der Waals surface area contributed by atoms with Crippen molar-refractivity contribution in [3.63, 3.8) is 0 Å². The van der Waals surface area contributed by atoms with Gasteiger partial charge in [-0.25, -0.2) is 17.2 Å². The number of halogens is 2. The van der Waals surface area contributed by atoms with Gasteiger partial charge in [-0.3, -0.25) is 4.79 Å². The van der Waals surface area contributed by atoms with Crippen LogP contribution < -0.4 is 0 Å². The van der Waals surface area contributed by atoms with Gasteiger partial charge in [-0.1, -0.05) is 0 Å². The van der Waals surface area contributed by atoms with Gasteiger partial charge in [0.1, 0.15) is 17.4 Å². The number of ether oxygens (including phenoxy) is 2. The van der Waals surface area contributed by atoms with Gasteiger partial charge in [-0.05, 0) is 42.0 Å². The first kappa shape index (κ1) is 19.7. The van der Waals surface area contributed by atoms with Crippen LogP contribution >= 0.6 is 0 Å². The lowest BCUT2D eigenvalue weighted by Crippen LogP contribution is -2.42. The standard InChI is InChI=1S/C21H18F2O5S/c1-29(25,26)17-4-2-13(3-5-17)19-18(14-10-15(22)12-16(23)11-14)20(24)21(28-19)6-8-27-9-7-21/h2-5,10-12H,6-9H2,1H3. The van der Waals surface area contributed by atoms with Crippen molar-refractivity contribution >= 4 is 27.0 Å². The van der Waals surface area contributed by atoms with E-state index in [1.54, 1.807) is 0 Å². The Morgan fingerprint density at radius 2 is 1.52 bits per heavy atom. The topological polar surface area (TPSA) is 69.7 Å². The summed E-state index contributed by atoms with van der Waals surface area (Å²) in [6.45, 7) is 0.660. The molecule has 8 heteroatoms. The third-order valence-electron chi connectivity index (χ3n) is 5.16. The molecule has 1 spiro atoms. The molecule has 152 valence electrons. The maximum absolute atomic E-state index is 13.9. The fourth-order valence-electron chi connectivity index (χ4n) is 3.67. The maximum Gasteiger partial charge on any atom is 0.210 e. The monoisotopic (exact) mass is 420 g/mol. The molecule has 2 aliphatic heterocycles. The van der Waals surface area contributed by atoms with E-state index in [4.69, 9.17) is 9.47 Å². The third-order valence-corrected chi connectivity index (χ3v) is 6.29. The lowest BCUT2D eigenvalue weighted by atomic mass is 9.85. The van der Waals surface area contributed by atoms with Crippen molar-refractivity contribution in [1.29, 1.82) is 0 Å². The summed E-state index contributed by atoms with van der Waals surface area (Å²) in [7, 11) is -3.40. The number of rotatable bonds is 3. The maximum atomic E-state index is 13.9. The van der Waals surface area contributed by atoms with Gasteiger partial charge in [-0.15, -0.1) is 0 Å². The zero-order chi connectivity index (χ0) is 20.8.